The smallest absolute Gasteiger partial charge is 0.250 e. The van der Waals surface area contributed by atoms with Gasteiger partial charge in [-0.2, -0.15) is 0 Å². The maximum atomic E-state index is 12.3. The molecule has 0 spiro atoms. The number of rotatable bonds is 5. The monoisotopic (exact) mass is 311 g/mol. The Morgan fingerprint density at radius 3 is 2.80 bits per heavy atom. The molecule has 0 aliphatic heterocycles. The first-order chi connectivity index (χ1) is 9.44. The van der Waals surface area contributed by atoms with Crippen LogP contribution in [-0.2, 0) is 16.6 Å². The number of aromatic nitrogens is 1. The summed E-state index contributed by atoms with van der Waals surface area (Å²) >= 11 is 1.21. The minimum Gasteiger partial charge on any atom is -0.326 e. The number of hydrogen-bond donors (Lipinski definition) is 2. The van der Waals surface area contributed by atoms with E-state index in [1.54, 1.807) is 31.5 Å². The number of sulfonamides is 1. The third-order valence-corrected chi connectivity index (χ3v) is 6.24. The molecule has 2 aromatic heterocycles. The number of pyridine rings is 1. The standard InChI is InChI=1S/C13H17N3O2S2/c1-9-6-13(19-12(9)7-14)20(17,18)16-10(2)11-4-3-5-15-8-11/h3-6,8,10,16H,7,14H2,1-2H3. The molecule has 1 unspecified atom stereocenters. The second-order valence-corrected chi connectivity index (χ2v) is 7.58. The van der Waals surface area contributed by atoms with Crippen molar-refractivity contribution in [1.82, 2.24) is 9.71 Å². The summed E-state index contributed by atoms with van der Waals surface area (Å²) in [6, 6.07) is 4.94. The average Bonchev–Trinajstić information content (AvgIpc) is 2.81. The zero-order chi connectivity index (χ0) is 14.8. The molecule has 20 heavy (non-hydrogen) atoms. The number of hydrogen-bond acceptors (Lipinski definition) is 5. The van der Waals surface area contributed by atoms with Crippen molar-refractivity contribution in [1.29, 1.82) is 0 Å². The summed E-state index contributed by atoms with van der Waals surface area (Å²) in [5.74, 6) is 0. The second-order valence-electron chi connectivity index (χ2n) is 4.51. The quantitative estimate of drug-likeness (QED) is 0.884. The first kappa shape index (κ1) is 15.1. The highest BCUT2D eigenvalue weighted by Gasteiger charge is 2.21. The highest BCUT2D eigenvalue weighted by atomic mass is 32.2. The van der Waals surface area contributed by atoms with Crippen LogP contribution in [0.3, 0.4) is 0 Å². The Hall–Kier alpha value is -1.28. The second kappa shape index (κ2) is 6.01. The van der Waals surface area contributed by atoms with Gasteiger partial charge in [-0.1, -0.05) is 6.07 Å². The van der Waals surface area contributed by atoms with E-state index >= 15 is 0 Å². The Bertz CT molecular complexity index is 681. The predicted octanol–water partition coefficient (Wildman–Crippen LogP) is 1.95. The van der Waals surface area contributed by atoms with Crippen LogP contribution in [0.1, 0.15) is 29.0 Å². The highest BCUT2D eigenvalue weighted by molar-refractivity contribution is 7.91. The van der Waals surface area contributed by atoms with Crippen LogP contribution in [0.5, 0.6) is 0 Å². The van der Waals surface area contributed by atoms with Crippen molar-refractivity contribution in [2.24, 2.45) is 5.73 Å². The summed E-state index contributed by atoms with van der Waals surface area (Å²) in [6.45, 7) is 4.01. The van der Waals surface area contributed by atoms with E-state index in [1.165, 1.54) is 11.3 Å². The van der Waals surface area contributed by atoms with Gasteiger partial charge >= 0.3 is 0 Å². The maximum Gasteiger partial charge on any atom is 0.250 e. The van der Waals surface area contributed by atoms with Gasteiger partial charge in [-0.25, -0.2) is 13.1 Å². The molecule has 0 saturated carbocycles. The first-order valence-corrected chi connectivity index (χ1v) is 8.45. The van der Waals surface area contributed by atoms with Crippen molar-refractivity contribution in [3.8, 4) is 0 Å². The van der Waals surface area contributed by atoms with Gasteiger partial charge in [0.05, 0.1) is 0 Å². The summed E-state index contributed by atoms with van der Waals surface area (Å²) in [5.41, 5.74) is 7.32. The molecule has 0 aromatic carbocycles. The van der Waals surface area contributed by atoms with Crippen LogP contribution >= 0.6 is 11.3 Å². The van der Waals surface area contributed by atoms with Gasteiger partial charge in [-0.15, -0.1) is 11.3 Å². The fraction of sp³-hybridized carbons (Fsp3) is 0.308. The van der Waals surface area contributed by atoms with Crippen LogP contribution in [-0.4, -0.2) is 13.4 Å². The Morgan fingerprint density at radius 2 is 2.25 bits per heavy atom. The molecule has 0 aliphatic carbocycles. The SMILES string of the molecule is Cc1cc(S(=O)(=O)NC(C)c2cccnc2)sc1CN. The van der Waals surface area contributed by atoms with E-state index in [9.17, 15) is 8.42 Å². The lowest BCUT2D eigenvalue weighted by atomic mass is 10.2. The summed E-state index contributed by atoms with van der Waals surface area (Å²) in [5, 5.41) is 0. The van der Waals surface area contributed by atoms with E-state index in [0.717, 1.165) is 16.0 Å². The molecular weight excluding hydrogens is 294 g/mol. The minimum absolute atomic E-state index is 0.297. The zero-order valence-electron chi connectivity index (χ0n) is 11.3. The van der Waals surface area contributed by atoms with Gasteiger partial charge in [0.15, 0.2) is 0 Å². The van der Waals surface area contributed by atoms with E-state index < -0.39 is 10.0 Å². The van der Waals surface area contributed by atoms with Crippen LogP contribution in [0.25, 0.3) is 0 Å². The van der Waals surface area contributed by atoms with Gasteiger partial charge in [-0.05, 0) is 37.1 Å². The molecule has 3 N–H and O–H groups in total. The summed E-state index contributed by atoms with van der Waals surface area (Å²) in [7, 11) is -3.53. The zero-order valence-corrected chi connectivity index (χ0v) is 13.0. The fourth-order valence-electron chi connectivity index (χ4n) is 1.81. The van der Waals surface area contributed by atoms with Gasteiger partial charge in [0.1, 0.15) is 4.21 Å². The highest BCUT2D eigenvalue weighted by Crippen LogP contribution is 2.26. The maximum absolute atomic E-state index is 12.3. The van der Waals surface area contributed by atoms with Gasteiger partial charge in [0.2, 0.25) is 0 Å². The molecule has 108 valence electrons. The van der Waals surface area contributed by atoms with Crippen LogP contribution < -0.4 is 10.5 Å². The fourth-order valence-corrected chi connectivity index (χ4v) is 4.53. The Labute approximate surface area is 122 Å². The Kier molecular flexibility index (Phi) is 4.54. The van der Waals surface area contributed by atoms with Crippen molar-refractivity contribution in [2.75, 3.05) is 0 Å². The molecular formula is C13H17N3O2S2. The number of nitrogens with zero attached hydrogens (tertiary/aromatic N) is 1. The summed E-state index contributed by atoms with van der Waals surface area (Å²) in [6.07, 6.45) is 3.30. The van der Waals surface area contributed by atoms with Crippen molar-refractivity contribution < 1.29 is 8.42 Å². The van der Waals surface area contributed by atoms with E-state index in [4.69, 9.17) is 5.73 Å². The first-order valence-electron chi connectivity index (χ1n) is 6.15. The van der Waals surface area contributed by atoms with Crippen LogP contribution in [0.15, 0.2) is 34.8 Å². The Morgan fingerprint density at radius 1 is 1.50 bits per heavy atom. The van der Waals surface area contributed by atoms with Gasteiger partial charge < -0.3 is 5.73 Å². The molecule has 0 saturated heterocycles. The Balaban J connectivity index is 2.23. The molecule has 0 aliphatic rings. The van der Waals surface area contributed by atoms with E-state index in [2.05, 4.69) is 9.71 Å². The number of nitrogens with two attached hydrogens (primary N) is 1. The van der Waals surface area contributed by atoms with Crippen molar-refractivity contribution >= 4 is 21.4 Å². The third kappa shape index (κ3) is 3.24. The van der Waals surface area contributed by atoms with Crippen LogP contribution in [0.4, 0.5) is 0 Å². The molecule has 0 amide bonds. The molecule has 2 rings (SSSR count). The van der Waals surface area contributed by atoms with Crippen molar-refractivity contribution in [3.05, 3.63) is 46.6 Å². The number of nitrogens with one attached hydrogen (secondary N) is 1. The minimum atomic E-state index is -3.53. The van der Waals surface area contributed by atoms with E-state index in [-0.39, 0.29) is 6.04 Å². The summed E-state index contributed by atoms with van der Waals surface area (Å²) in [4.78, 5) is 4.88. The number of aryl methyl sites for hydroxylation is 1. The van der Waals surface area contributed by atoms with E-state index in [0.29, 0.717) is 10.8 Å². The summed E-state index contributed by atoms with van der Waals surface area (Å²) < 4.78 is 27.6. The van der Waals surface area contributed by atoms with Gasteiger partial charge in [0, 0.05) is 29.9 Å². The van der Waals surface area contributed by atoms with Gasteiger partial charge in [0.25, 0.3) is 10.0 Å². The molecule has 1 atom stereocenters. The van der Waals surface area contributed by atoms with Crippen molar-refractivity contribution in [3.63, 3.8) is 0 Å². The topological polar surface area (TPSA) is 85.1 Å². The van der Waals surface area contributed by atoms with Crippen LogP contribution in [0, 0.1) is 6.92 Å². The lowest BCUT2D eigenvalue weighted by Gasteiger charge is -2.13. The molecule has 0 radical (unpaired) electrons. The number of thiophene rings is 1. The normalized spacial score (nSPS) is 13.3. The molecule has 7 heteroatoms. The third-order valence-electron chi connectivity index (χ3n) is 2.96. The van der Waals surface area contributed by atoms with Crippen molar-refractivity contribution in [2.45, 2.75) is 30.6 Å². The predicted molar refractivity (Wildman–Crippen MR) is 79.9 cm³/mol. The molecule has 0 bridgehead atoms. The lowest BCUT2D eigenvalue weighted by molar-refractivity contribution is 0.568. The van der Waals surface area contributed by atoms with Gasteiger partial charge in [-0.3, -0.25) is 4.98 Å². The van der Waals surface area contributed by atoms with E-state index in [1.807, 2.05) is 13.0 Å². The largest absolute Gasteiger partial charge is 0.326 e. The van der Waals surface area contributed by atoms with Crippen LogP contribution in [0.2, 0.25) is 0 Å². The average molecular weight is 311 g/mol. The molecule has 2 aromatic rings. The lowest BCUT2D eigenvalue weighted by Crippen LogP contribution is -2.26. The molecule has 2 heterocycles. The molecule has 5 nitrogen and oxygen atoms in total. The molecule has 0 fully saturated rings.